The minimum absolute atomic E-state index is 0.0441. The summed E-state index contributed by atoms with van der Waals surface area (Å²) in [7, 11) is 0. The number of carbonyl (C=O) groups is 1. The van der Waals surface area contributed by atoms with Gasteiger partial charge in [-0.25, -0.2) is 0 Å². The molecule has 0 unspecified atom stereocenters. The fourth-order valence-electron chi connectivity index (χ4n) is 1.11. The molecule has 1 amide bonds. The van der Waals surface area contributed by atoms with Crippen molar-refractivity contribution in [2.45, 2.75) is 19.9 Å². The van der Waals surface area contributed by atoms with Crippen molar-refractivity contribution in [3.05, 3.63) is 11.5 Å². The van der Waals surface area contributed by atoms with Gasteiger partial charge in [-0.3, -0.25) is 4.79 Å². The Morgan fingerprint density at radius 3 is 2.80 bits per heavy atom. The van der Waals surface area contributed by atoms with Crippen LogP contribution in [0.2, 0.25) is 5.28 Å². The van der Waals surface area contributed by atoms with Crippen molar-refractivity contribution in [2.75, 3.05) is 11.4 Å². The van der Waals surface area contributed by atoms with Crippen LogP contribution in [0, 0.1) is 0 Å². The fourth-order valence-corrected chi connectivity index (χ4v) is 1.24. The number of anilines is 1. The minimum Gasteiger partial charge on any atom is -0.368 e. The first-order valence-electron chi connectivity index (χ1n) is 4.41. The van der Waals surface area contributed by atoms with E-state index in [-0.39, 0.29) is 17.9 Å². The summed E-state index contributed by atoms with van der Waals surface area (Å²) in [6.45, 7) is 3.91. The number of hydrogen-bond acceptors (Lipinski definition) is 5. The van der Waals surface area contributed by atoms with Crippen molar-refractivity contribution in [3.63, 3.8) is 0 Å². The van der Waals surface area contributed by atoms with Gasteiger partial charge in [0.15, 0.2) is 5.82 Å². The van der Waals surface area contributed by atoms with Crippen molar-refractivity contribution in [3.8, 4) is 0 Å². The van der Waals surface area contributed by atoms with E-state index in [1.54, 1.807) is 4.90 Å². The van der Waals surface area contributed by atoms with Gasteiger partial charge in [0, 0.05) is 6.04 Å². The number of halogens is 1. The summed E-state index contributed by atoms with van der Waals surface area (Å²) in [6.07, 6.45) is 1.44. The third-order valence-corrected chi connectivity index (χ3v) is 1.92. The molecule has 0 atom stereocenters. The highest BCUT2D eigenvalue weighted by Crippen LogP contribution is 2.13. The molecular weight excluding hydrogens is 218 g/mol. The van der Waals surface area contributed by atoms with E-state index in [0.717, 1.165) is 0 Å². The molecule has 0 saturated heterocycles. The maximum atomic E-state index is 10.9. The van der Waals surface area contributed by atoms with Crippen molar-refractivity contribution in [2.24, 2.45) is 5.73 Å². The molecule has 15 heavy (non-hydrogen) atoms. The molecule has 7 heteroatoms. The lowest BCUT2D eigenvalue weighted by Crippen LogP contribution is -2.39. The minimum atomic E-state index is -0.432. The second kappa shape index (κ2) is 4.88. The number of nitrogens with two attached hydrogens (primary N) is 1. The highest BCUT2D eigenvalue weighted by molar-refractivity contribution is 6.28. The fraction of sp³-hybridized carbons (Fsp3) is 0.500. The van der Waals surface area contributed by atoms with Crippen molar-refractivity contribution in [1.82, 2.24) is 15.2 Å². The molecule has 0 spiro atoms. The average molecular weight is 230 g/mol. The number of primary amides is 1. The predicted molar refractivity (Wildman–Crippen MR) is 56.5 cm³/mol. The largest absolute Gasteiger partial charge is 0.368 e. The van der Waals surface area contributed by atoms with Crippen molar-refractivity contribution in [1.29, 1.82) is 0 Å². The van der Waals surface area contributed by atoms with E-state index in [9.17, 15) is 4.79 Å². The molecule has 0 radical (unpaired) electrons. The van der Waals surface area contributed by atoms with Crippen molar-refractivity contribution < 1.29 is 4.79 Å². The number of hydrogen-bond donors (Lipinski definition) is 1. The first kappa shape index (κ1) is 11.6. The Kier molecular flexibility index (Phi) is 3.79. The number of aromatic nitrogens is 3. The van der Waals surface area contributed by atoms with Gasteiger partial charge in [0.1, 0.15) is 0 Å². The molecule has 0 fully saturated rings. The van der Waals surface area contributed by atoms with Crippen LogP contribution in [0.5, 0.6) is 0 Å². The number of nitrogens with zero attached hydrogens (tertiary/aromatic N) is 4. The summed E-state index contributed by atoms with van der Waals surface area (Å²) in [5.41, 5.74) is 5.13. The second-order valence-corrected chi connectivity index (χ2v) is 3.61. The normalized spacial score (nSPS) is 10.4. The maximum Gasteiger partial charge on any atom is 0.244 e. The lowest BCUT2D eigenvalue weighted by Gasteiger charge is -2.25. The summed E-state index contributed by atoms with van der Waals surface area (Å²) in [5, 5.41) is 7.22. The second-order valence-electron chi connectivity index (χ2n) is 3.27. The molecule has 0 saturated carbocycles. The Labute approximate surface area is 92.4 Å². The molecule has 6 nitrogen and oxygen atoms in total. The smallest absolute Gasteiger partial charge is 0.244 e. The first-order chi connectivity index (χ1) is 7.00. The first-order valence-corrected chi connectivity index (χ1v) is 4.78. The zero-order valence-corrected chi connectivity index (χ0v) is 9.27. The molecule has 0 aromatic carbocycles. The van der Waals surface area contributed by atoms with Gasteiger partial charge in [-0.1, -0.05) is 0 Å². The van der Waals surface area contributed by atoms with E-state index in [1.807, 2.05) is 13.8 Å². The van der Waals surface area contributed by atoms with E-state index < -0.39 is 5.91 Å². The topological polar surface area (TPSA) is 85.0 Å². The summed E-state index contributed by atoms with van der Waals surface area (Å²) < 4.78 is 0. The van der Waals surface area contributed by atoms with Gasteiger partial charge in [-0.15, -0.1) is 5.10 Å². The van der Waals surface area contributed by atoms with E-state index in [2.05, 4.69) is 15.2 Å². The highest BCUT2D eigenvalue weighted by atomic mass is 35.5. The number of rotatable bonds is 4. The van der Waals surface area contributed by atoms with Gasteiger partial charge in [-0.2, -0.15) is 10.1 Å². The van der Waals surface area contributed by atoms with Crippen LogP contribution < -0.4 is 10.6 Å². The summed E-state index contributed by atoms with van der Waals surface area (Å²) in [4.78, 5) is 16.5. The molecule has 82 valence electrons. The Bertz CT molecular complexity index is 357. The molecule has 2 N–H and O–H groups in total. The zero-order valence-electron chi connectivity index (χ0n) is 8.51. The molecule has 0 aliphatic rings. The summed E-state index contributed by atoms with van der Waals surface area (Å²) >= 11 is 5.60. The monoisotopic (exact) mass is 229 g/mol. The third kappa shape index (κ3) is 3.32. The molecule has 1 aromatic rings. The highest BCUT2D eigenvalue weighted by Gasteiger charge is 2.15. The Morgan fingerprint density at radius 2 is 2.33 bits per heavy atom. The summed E-state index contributed by atoms with van der Waals surface area (Å²) in [5.74, 6) is 0.0576. The quantitative estimate of drug-likeness (QED) is 0.799. The van der Waals surface area contributed by atoms with Gasteiger partial charge < -0.3 is 10.6 Å². The number of amides is 1. The Hall–Kier alpha value is -1.43. The predicted octanol–water partition coefficient (Wildman–Crippen LogP) is 0.225. The van der Waals surface area contributed by atoms with Crippen LogP contribution in [0.3, 0.4) is 0 Å². The molecule has 0 aliphatic carbocycles. The van der Waals surface area contributed by atoms with E-state index in [0.29, 0.717) is 5.82 Å². The Morgan fingerprint density at radius 1 is 1.67 bits per heavy atom. The molecule has 0 aliphatic heterocycles. The Balaban J connectivity index is 2.93. The standard InChI is InChI=1S/C8H12ClN5O/c1-5(2)14(4-6(10)15)7-3-11-13-8(9)12-7/h3,5H,4H2,1-2H3,(H2,10,15). The third-order valence-electron chi connectivity index (χ3n) is 1.76. The maximum absolute atomic E-state index is 10.9. The van der Waals surface area contributed by atoms with Crippen LogP contribution in [-0.2, 0) is 4.79 Å². The molecule has 0 bridgehead atoms. The summed E-state index contributed by atoms with van der Waals surface area (Å²) in [6, 6.07) is 0.0743. The molecule has 1 heterocycles. The van der Waals surface area contributed by atoms with Crippen molar-refractivity contribution >= 4 is 23.3 Å². The number of carbonyl (C=O) groups excluding carboxylic acids is 1. The SMILES string of the molecule is CC(C)N(CC(N)=O)c1cnnc(Cl)n1. The van der Waals surface area contributed by atoms with Gasteiger partial charge in [0.2, 0.25) is 11.2 Å². The van der Waals surface area contributed by atoms with Crippen LogP contribution in [0.25, 0.3) is 0 Å². The molecule has 1 rings (SSSR count). The average Bonchev–Trinajstić information content (AvgIpc) is 2.13. The van der Waals surface area contributed by atoms with Gasteiger partial charge >= 0.3 is 0 Å². The van der Waals surface area contributed by atoms with Gasteiger partial charge in [-0.05, 0) is 25.4 Å². The van der Waals surface area contributed by atoms with E-state index >= 15 is 0 Å². The van der Waals surface area contributed by atoms with Gasteiger partial charge in [0.05, 0.1) is 12.7 Å². The van der Waals surface area contributed by atoms with Crippen LogP contribution in [0.15, 0.2) is 6.20 Å². The van der Waals surface area contributed by atoms with Crippen LogP contribution in [0.1, 0.15) is 13.8 Å². The molecular formula is C8H12ClN5O. The van der Waals surface area contributed by atoms with Crippen LogP contribution >= 0.6 is 11.6 Å². The molecule has 1 aromatic heterocycles. The lowest BCUT2D eigenvalue weighted by molar-refractivity contribution is -0.116. The zero-order chi connectivity index (χ0) is 11.4. The van der Waals surface area contributed by atoms with E-state index in [4.69, 9.17) is 17.3 Å². The van der Waals surface area contributed by atoms with Crippen LogP contribution in [-0.4, -0.2) is 33.7 Å². The van der Waals surface area contributed by atoms with Crippen LogP contribution in [0.4, 0.5) is 5.82 Å². The van der Waals surface area contributed by atoms with Gasteiger partial charge in [0.25, 0.3) is 0 Å². The van der Waals surface area contributed by atoms with E-state index in [1.165, 1.54) is 6.20 Å². The lowest BCUT2D eigenvalue weighted by atomic mass is 10.3.